The van der Waals surface area contributed by atoms with Gasteiger partial charge in [-0.05, 0) is 41.5 Å². The fourth-order valence-electron chi connectivity index (χ4n) is 2.89. The van der Waals surface area contributed by atoms with E-state index >= 15 is 0 Å². The molecule has 0 radical (unpaired) electrons. The maximum atomic E-state index is 12.4. The molecule has 3 aromatic rings. The first kappa shape index (κ1) is 20.3. The van der Waals surface area contributed by atoms with E-state index in [2.05, 4.69) is 5.32 Å². The average molecular weight is 391 g/mol. The molecule has 0 bridgehead atoms. The molecule has 5 nitrogen and oxygen atoms in total. The van der Waals surface area contributed by atoms with E-state index in [1.165, 1.54) is 0 Å². The molecule has 0 aliphatic heterocycles. The minimum atomic E-state index is -0.0759. The smallest absolute Gasteiger partial charge is 0.224 e. The lowest BCUT2D eigenvalue weighted by atomic mass is 10.1. The summed E-state index contributed by atoms with van der Waals surface area (Å²) >= 11 is 0. The van der Waals surface area contributed by atoms with Gasteiger partial charge in [-0.15, -0.1) is 0 Å². The van der Waals surface area contributed by atoms with E-state index in [1.807, 2.05) is 66.7 Å². The van der Waals surface area contributed by atoms with Gasteiger partial charge in [0.05, 0.1) is 20.6 Å². The molecule has 0 atom stereocenters. The number of carbonyl (C=O) groups is 1. The molecule has 3 rings (SSSR count). The molecule has 5 heteroatoms. The van der Waals surface area contributed by atoms with Crippen molar-refractivity contribution in [1.29, 1.82) is 0 Å². The third-order valence-corrected chi connectivity index (χ3v) is 4.50. The minimum Gasteiger partial charge on any atom is -0.497 e. The van der Waals surface area contributed by atoms with E-state index < -0.39 is 0 Å². The first-order chi connectivity index (χ1) is 14.2. The number of hydrogen-bond acceptors (Lipinski definition) is 4. The van der Waals surface area contributed by atoms with Gasteiger partial charge < -0.3 is 19.5 Å². The molecule has 0 aliphatic rings. The highest BCUT2D eigenvalue weighted by molar-refractivity contribution is 5.79. The van der Waals surface area contributed by atoms with Crippen molar-refractivity contribution in [3.8, 4) is 17.2 Å². The van der Waals surface area contributed by atoms with E-state index in [4.69, 9.17) is 14.2 Å². The van der Waals surface area contributed by atoms with Crippen LogP contribution in [-0.2, 0) is 24.4 Å². The first-order valence-electron chi connectivity index (χ1n) is 9.41. The SMILES string of the molecule is COc1ccc(OC)c(CC(=O)NCc2ccc(COc3ccccc3)cc2)c1. The quantitative estimate of drug-likeness (QED) is 0.596. The lowest BCUT2D eigenvalue weighted by Crippen LogP contribution is -2.24. The Hall–Kier alpha value is -3.47. The van der Waals surface area contributed by atoms with Gasteiger partial charge >= 0.3 is 0 Å². The normalized spacial score (nSPS) is 10.3. The van der Waals surface area contributed by atoms with Gasteiger partial charge in [0.15, 0.2) is 0 Å². The number of carbonyl (C=O) groups excluding carboxylic acids is 1. The molecule has 29 heavy (non-hydrogen) atoms. The van der Waals surface area contributed by atoms with Crippen LogP contribution in [0.3, 0.4) is 0 Å². The Balaban J connectivity index is 1.50. The molecule has 3 aromatic carbocycles. The first-order valence-corrected chi connectivity index (χ1v) is 9.41. The van der Waals surface area contributed by atoms with E-state index in [0.717, 1.165) is 22.4 Å². The van der Waals surface area contributed by atoms with Crippen molar-refractivity contribution in [2.24, 2.45) is 0 Å². The zero-order valence-electron chi connectivity index (χ0n) is 16.7. The van der Waals surface area contributed by atoms with Crippen molar-refractivity contribution in [3.05, 3.63) is 89.5 Å². The highest BCUT2D eigenvalue weighted by atomic mass is 16.5. The molecule has 0 spiro atoms. The lowest BCUT2D eigenvalue weighted by molar-refractivity contribution is -0.120. The Kier molecular flexibility index (Phi) is 7.11. The highest BCUT2D eigenvalue weighted by Crippen LogP contribution is 2.24. The zero-order chi connectivity index (χ0) is 20.5. The van der Waals surface area contributed by atoms with Crippen LogP contribution >= 0.6 is 0 Å². The lowest BCUT2D eigenvalue weighted by Gasteiger charge is -2.11. The van der Waals surface area contributed by atoms with Crippen molar-refractivity contribution in [2.45, 2.75) is 19.6 Å². The molecule has 1 N–H and O–H groups in total. The molecule has 150 valence electrons. The minimum absolute atomic E-state index is 0.0759. The van der Waals surface area contributed by atoms with Gasteiger partial charge in [0.25, 0.3) is 0 Å². The largest absolute Gasteiger partial charge is 0.497 e. The summed E-state index contributed by atoms with van der Waals surface area (Å²) in [5, 5.41) is 2.95. The second-order valence-corrected chi connectivity index (χ2v) is 6.55. The van der Waals surface area contributed by atoms with Gasteiger partial charge in [-0.25, -0.2) is 0 Å². The molecule has 0 saturated carbocycles. The van der Waals surface area contributed by atoms with Crippen molar-refractivity contribution >= 4 is 5.91 Å². The second-order valence-electron chi connectivity index (χ2n) is 6.55. The topological polar surface area (TPSA) is 56.8 Å². The van der Waals surface area contributed by atoms with Crippen LogP contribution in [-0.4, -0.2) is 20.1 Å². The molecular weight excluding hydrogens is 366 g/mol. The predicted octanol–water partition coefficient (Wildman–Crippen LogP) is 4.14. The van der Waals surface area contributed by atoms with Crippen molar-refractivity contribution in [2.75, 3.05) is 14.2 Å². The van der Waals surface area contributed by atoms with Crippen LogP contribution in [0.4, 0.5) is 0 Å². The summed E-state index contributed by atoms with van der Waals surface area (Å²) in [4.78, 5) is 12.4. The van der Waals surface area contributed by atoms with Crippen LogP contribution in [0, 0.1) is 0 Å². The number of rotatable bonds is 9. The molecular formula is C24H25NO4. The van der Waals surface area contributed by atoms with Crippen LogP contribution in [0.5, 0.6) is 17.2 Å². The summed E-state index contributed by atoms with van der Waals surface area (Å²) in [5.41, 5.74) is 2.89. The number of para-hydroxylation sites is 1. The third kappa shape index (κ3) is 6.01. The fraction of sp³-hybridized carbons (Fsp3) is 0.208. The summed E-state index contributed by atoms with van der Waals surface area (Å²) in [6.07, 6.45) is 0.226. The molecule has 0 aromatic heterocycles. The van der Waals surface area contributed by atoms with E-state index in [9.17, 15) is 4.79 Å². The fourth-order valence-corrected chi connectivity index (χ4v) is 2.89. The number of ether oxygens (including phenoxy) is 3. The van der Waals surface area contributed by atoms with Crippen LogP contribution in [0.25, 0.3) is 0 Å². The average Bonchev–Trinajstić information content (AvgIpc) is 2.77. The molecule has 0 saturated heterocycles. The van der Waals surface area contributed by atoms with E-state index in [-0.39, 0.29) is 12.3 Å². The number of nitrogens with one attached hydrogen (secondary N) is 1. The van der Waals surface area contributed by atoms with Gasteiger partial charge in [0, 0.05) is 12.1 Å². The highest BCUT2D eigenvalue weighted by Gasteiger charge is 2.10. The zero-order valence-corrected chi connectivity index (χ0v) is 16.7. The number of methoxy groups -OCH3 is 2. The standard InChI is InChI=1S/C24H25NO4/c1-27-22-12-13-23(28-2)20(14-22)15-24(26)25-16-18-8-10-19(11-9-18)17-29-21-6-4-3-5-7-21/h3-14H,15-17H2,1-2H3,(H,25,26). The van der Waals surface area contributed by atoms with Gasteiger partial charge in [0.1, 0.15) is 23.9 Å². The Labute approximate surface area is 171 Å². The summed E-state index contributed by atoms with van der Waals surface area (Å²) in [5.74, 6) is 2.13. The number of hydrogen-bond donors (Lipinski definition) is 1. The van der Waals surface area contributed by atoms with Gasteiger partial charge in [-0.3, -0.25) is 4.79 Å². The maximum Gasteiger partial charge on any atom is 0.224 e. The maximum absolute atomic E-state index is 12.4. The number of amides is 1. The van der Waals surface area contributed by atoms with E-state index in [1.54, 1.807) is 20.3 Å². The summed E-state index contributed by atoms with van der Waals surface area (Å²) in [6, 6.07) is 23.2. The summed E-state index contributed by atoms with van der Waals surface area (Å²) in [6.45, 7) is 0.969. The monoisotopic (exact) mass is 391 g/mol. The Morgan fingerprint density at radius 3 is 2.24 bits per heavy atom. The molecule has 0 aliphatic carbocycles. The summed E-state index contributed by atoms with van der Waals surface area (Å²) in [7, 11) is 3.19. The van der Waals surface area contributed by atoms with Crippen LogP contribution in [0.1, 0.15) is 16.7 Å². The summed E-state index contributed by atoms with van der Waals surface area (Å²) < 4.78 is 16.3. The molecule has 1 amide bonds. The Morgan fingerprint density at radius 1 is 0.828 bits per heavy atom. The molecule has 0 heterocycles. The van der Waals surface area contributed by atoms with Crippen LogP contribution in [0.2, 0.25) is 0 Å². The Bertz CT molecular complexity index is 923. The van der Waals surface area contributed by atoms with Crippen molar-refractivity contribution in [3.63, 3.8) is 0 Å². The van der Waals surface area contributed by atoms with Gasteiger partial charge in [-0.1, -0.05) is 42.5 Å². The predicted molar refractivity (Wildman–Crippen MR) is 112 cm³/mol. The van der Waals surface area contributed by atoms with Crippen molar-refractivity contribution < 1.29 is 19.0 Å². The van der Waals surface area contributed by atoms with Gasteiger partial charge in [-0.2, -0.15) is 0 Å². The Morgan fingerprint density at radius 2 is 1.55 bits per heavy atom. The second kappa shape index (κ2) is 10.2. The molecule has 0 fully saturated rings. The van der Waals surface area contributed by atoms with Gasteiger partial charge in [0.2, 0.25) is 5.91 Å². The third-order valence-electron chi connectivity index (χ3n) is 4.50. The molecule has 0 unspecified atom stereocenters. The van der Waals surface area contributed by atoms with Crippen LogP contribution in [0.15, 0.2) is 72.8 Å². The number of benzene rings is 3. The van der Waals surface area contributed by atoms with E-state index in [0.29, 0.717) is 24.7 Å². The van der Waals surface area contributed by atoms with Crippen LogP contribution < -0.4 is 19.5 Å². The van der Waals surface area contributed by atoms with Crippen molar-refractivity contribution in [1.82, 2.24) is 5.32 Å².